The third kappa shape index (κ3) is 2.47. The summed E-state index contributed by atoms with van der Waals surface area (Å²) in [4.78, 5) is 13.2. The molecule has 3 heterocycles. The molecule has 23 heavy (non-hydrogen) atoms. The molecule has 4 rings (SSSR count). The van der Waals surface area contributed by atoms with E-state index in [0.717, 1.165) is 21.6 Å². The van der Waals surface area contributed by atoms with Crippen LogP contribution in [0.3, 0.4) is 0 Å². The van der Waals surface area contributed by atoms with Crippen LogP contribution in [-0.4, -0.2) is 20.5 Å². The van der Waals surface area contributed by atoms with E-state index in [0.29, 0.717) is 4.88 Å². The maximum Gasteiger partial charge on any atom is 0.261 e. The van der Waals surface area contributed by atoms with E-state index in [4.69, 9.17) is 0 Å². The van der Waals surface area contributed by atoms with E-state index in [1.165, 1.54) is 11.3 Å². The SMILES string of the molecule is C[C@H](NC(=O)c1cc2ccccc2s1)c1nnc2ccccn12. The van der Waals surface area contributed by atoms with Crippen molar-refractivity contribution < 1.29 is 4.79 Å². The van der Waals surface area contributed by atoms with Gasteiger partial charge in [-0.15, -0.1) is 21.5 Å². The molecule has 0 fully saturated rings. The van der Waals surface area contributed by atoms with Crippen molar-refractivity contribution in [2.75, 3.05) is 0 Å². The van der Waals surface area contributed by atoms with Crippen LogP contribution in [0.2, 0.25) is 0 Å². The van der Waals surface area contributed by atoms with Crippen molar-refractivity contribution in [3.05, 3.63) is 65.4 Å². The summed E-state index contributed by atoms with van der Waals surface area (Å²) in [5.74, 6) is 0.626. The first-order valence-electron chi connectivity index (χ1n) is 7.31. The number of thiophene rings is 1. The quantitative estimate of drug-likeness (QED) is 0.628. The fourth-order valence-corrected chi connectivity index (χ4v) is 3.55. The van der Waals surface area contributed by atoms with Crippen molar-refractivity contribution in [1.82, 2.24) is 19.9 Å². The zero-order valence-electron chi connectivity index (χ0n) is 12.4. The summed E-state index contributed by atoms with van der Waals surface area (Å²) < 4.78 is 2.99. The average Bonchev–Trinajstić information content (AvgIpc) is 3.18. The van der Waals surface area contributed by atoms with Crippen LogP contribution in [0.5, 0.6) is 0 Å². The lowest BCUT2D eigenvalue weighted by Gasteiger charge is -2.11. The van der Waals surface area contributed by atoms with E-state index >= 15 is 0 Å². The minimum atomic E-state index is -0.231. The van der Waals surface area contributed by atoms with Gasteiger partial charge in [-0.1, -0.05) is 24.3 Å². The number of fused-ring (bicyclic) bond motifs is 2. The van der Waals surface area contributed by atoms with Crippen LogP contribution in [0.1, 0.15) is 28.5 Å². The van der Waals surface area contributed by atoms with Gasteiger partial charge >= 0.3 is 0 Å². The highest BCUT2D eigenvalue weighted by atomic mass is 32.1. The molecule has 1 amide bonds. The number of hydrogen-bond donors (Lipinski definition) is 1. The van der Waals surface area contributed by atoms with Gasteiger partial charge in [0, 0.05) is 10.9 Å². The number of carbonyl (C=O) groups is 1. The number of nitrogens with zero attached hydrogens (tertiary/aromatic N) is 3. The lowest BCUT2D eigenvalue weighted by Crippen LogP contribution is -2.27. The summed E-state index contributed by atoms with van der Waals surface area (Å²) in [6.07, 6.45) is 1.90. The Labute approximate surface area is 136 Å². The average molecular weight is 322 g/mol. The third-order valence-electron chi connectivity index (χ3n) is 3.72. The molecule has 3 aromatic heterocycles. The molecule has 1 atom stereocenters. The summed E-state index contributed by atoms with van der Waals surface area (Å²) >= 11 is 1.49. The largest absolute Gasteiger partial charge is 0.342 e. The Morgan fingerprint density at radius 2 is 2.00 bits per heavy atom. The summed E-state index contributed by atoms with van der Waals surface area (Å²) in [5.41, 5.74) is 0.769. The highest BCUT2D eigenvalue weighted by molar-refractivity contribution is 7.20. The summed E-state index contributed by atoms with van der Waals surface area (Å²) in [7, 11) is 0. The van der Waals surface area contributed by atoms with E-state index in [9.17, 15) is 4.79 Å². The monoisotopic (exact) mass is 322 g/mol. The highest BCUT2D eigenvalue weighted by Crippen LogP contribution is 2.25. The number of rotatable bonds is 3. The lowest BCUT2D eigenvalue weighted by atomic mass is 10.2. The standard InChI is InChI=1S/C17H14N4OS/c1-11(16-20-19-15-8-4-5-9-21(15)16)18-17(22)14-10-12-6-2-3-7-13(12)23-14/h2-11H,1H3,(H,18,22)/t11-/m0/s1. The van der Waals surface area contributed by atoms with Crippen LogP contribution in [0.25, 0.3) is 15.7 Å². The van der Waals surface area contributed by atoms with Crippen LogP contribution < -0.4 is 5.32 Å². The van der Waals surface area contributed by atoms with Gasteiger partial charge in [0.2, 0.25) is 0 Å². The molecule has 0 aliphatic carbocycles. The fraction of sp³-hybridized carbons (Fsp3) is 0.118. The molecular weight excluding hydrogens is 308 g/mol. The number of carbonyl (C=O) groups excluding carboxylic acids is 1. The van der Waals surface area contributed by atoms with Gasteiger partial charge in [-0.2, -0.15) is 0 Å². The molecule has 0 spiro atoms. The van der Waals surface area contributed by atoms with Gasteiger partial charge in [-0.25, -0.2) is 0 Å². The van der Waals surface area contributed by atoms with Crippen LogP contribution in [0.15, 0.2) is 54.7 Å². The number of pyridine rings is 1. The van der Waals surface area contributed by atoms with E-state index in [2.05, 4.69) is 15.5 Å². The van der Waals surface area contributed by atoms with Gasteiger partial charge in [0.1, 0.15) is 0 Å². The predicted octanol–water partition coefficient (Wildman–Crippen LogP) is 3.44. The molecule has 4 aromatic rings. The van der Waals surface area contributed by atoms with Crippen LogP contribution in [0, 0.1) is 0 Å². The fourth-order valence-electron chi connectivity index (χ4n) is 2.58. The Morgan fingerprint density at radius 3 is 2.87 bits per heavy atom. The molecule has 114 valence electrons. The number of amides is 1. The first-order valence-corrected chi connectivity index (χ1v) is 8.13. The summed E-state index contributed by atoms with van der Waals surface area (Å²) in [6.45, 7) is 1.91. The minimum Gasteiger partial charge on any atom is -0.342 e. The van der Waals surface area contributed by atoms with Crippen molar-refractivity contribution in [2.45, 2.75) is 13.0 Å². The Kier molecular flexibility index (Phi) is 3.31. The van der Waals surface area contributed by atoms with Crippen molar-refractivity contribution in [1.29, 1.82) is 0 Å². The van der Waals surface area contributed by atoms with E-state index in [1.54, 1.807) is 0 Å². The maximum atomic E-state index is 12.5. The molecule has 0 bridgehead atoms. The van der Waals surface area contributed by atoms with Crippen LogP contribution in [0.4, 0.5) is 0 Å². The van der Waals surface area contributed by atoms with Crippen molar-refractivity contribution >= 4 is 33.0 Å². The Morgan fingerprint density at radius 1 is 1.17 bits per heavy atom. The van der Waals surface area contributed by atoms with Gasteiger partial charge in [-0.05, 0) is 36.6 Å². The van der Waals surface area contributed by atoms with Gasteiger partial charge in [0.05, 0.1) is 10.9 Å². The minimum absolute atomic E-state index is 0.0913. The zero-order chi connectivity index (χ0) is 15.8. The first kappa shape index (κ1) is 13.9. The van der Waals surface area contributed by atoms with E-state index in [1.807, 2.05) is 66.1 Å². The normalized spacial score (nSPS) is 12.6. The molecule has 0 unspecified atom stereocenters. The second-order valence-electron chi connectivity index (χ2n) is 5.33. The smallest absolute Gasteiger partial charge is 0.261 e. The lowest BCUT2D eigenvalue weighted by molar-refractivity contribution is 0.0942. The molecule has 5 nitrogen and oxygen atoms in total. The van der Waals surface area contributed by atoms with Gasteiger partial charge in [0.15, 0.2) is 11.5 Å². The Balaban J connectivity index is 1.60. The molecule has 0 aliphatic rings. The van der Waals surface area contributed by atoms with Gasteiger partial charge in [-0.3, -0.25) is 9.20 Å². The molecular formula is C17H14N4OS. The predicted molar refractivity (Wildman–Crippen MR) is 90.7 cm³/mol. The number of benzene rings is 1. The van der Waals surface area contributed by atoms with Crippen LogP contribution in [-0.2, 0) is 0 Å². The number of nitrogens with one attached hydrogen (secondary N) is 1. The molecule has 0 saturated heterocycles. The first-order chi connectivity index (χ1) is 11.2. The summed E-state index contributed by atoms with van der Waals surface area (Å²) in [5, 5.41) is 12.4. The van der Waals surface area contributed by atoms with Crippen molar-refractivity contribution in [3.8, 4) is 0 Å². The zero-order valence-corrected chi connectivity index (χ0v) is 13.2. The van der Waals surface area contributed by atoms with E-state index < -0.39 is 0 Å². The topological polar surface area (TPSA) is 59.3 Å². The van der Waals surface area contributed by atoms with Crippen LogP contribution >= 0.6 is 11.3 Å². The maximum absolute atomic E-state index is 12.5. The molecule has 1 aromatic carbocycles. The second kappa shape index (κ2) is 5.48. The number of hydrogen-bond acceptors (Lipinski definition) is 4. The van der Waals surface area contributed by atoms with Gasteiger partial charge in [0.25, 0.3) is 5.91 Å². The Hall–Kier alpha value is -2.73. The molecule has 6 heteroatoms. The number of aromatic nitrogens is 3. The Bertz CT molecular complexity index is 971. The molecule has 0 saturated carbocycles. The third-order valence-corrected chi connectivity index (χ3v) is 4.84. The van der Waals surface area contributed by atoms with Crippen molar-refractivity contribution in [3.63, 3.8) is 0 Å². The van der Waals surface area contributed by atoms with E-state index in [-0.39, 0.29) is 11.9 Å². The summed E-state index contributed by atoms with van der Waals surface area (Å²) in [6, 6.07) is 15.4. The van der Waals surface area contributed by atoms with Crippen molar-refractivity contribution in [2.24, 2.45) is 0 Å². The molecule has 0 aliphatic heterocycles. The molecule has 1 N–H and O–H groups in total. The highest BCUT2D eigenvalue weighted by Gasteiger charge is 2.18. The second-order valence-corrected chi connectivity index (χ2v) is 6.41. The van der Waals surface area contributed by atoms with Gasteiger partial charge < -0.3 is 5.32 Å². The molecule has 0 radical (unpaired) electrons.